The van der Waals surface area contributed by atoms with Gasteiger partial charge in [0.1, 0.15) is 5.69 Å². The molecule has 0 aliphatic carbocycles. The standard InChI is InChI=1S/C12H17N3O2/c1-2-17-11-8-13-7-10(11)15-12(16)9-5-3-4-6-14-9/h3-6,10-11,13H,2,7-8H2,1H3,(H,15,16)/t10-,11-/m0/s1. The molecule has 1 aromatic heterocycles. The van der Waals surface area contributed by atoms with Crippen LogP contribution in [0.25, 0.3) is 0 Å². The summed E-state index contributed by atoms with van der Waals surface area (Å²) in [7, 11) is 0. The summed E-state index contributed by atoms with van der Waals surface area (Å²) in [5.41, 5.74) is 0.439. The molecule has 1 saturated heterocycles. The Bertz CT molecular complexity index is 369. The zero-order valence-electron chi connectivity index (χ0n) is 9.85. The molecule has 1 aliphatic heterocycles. The van der Waals surface area contributed by atoms with Crippen molar-refractivity contribution in [3.05, 3.63) is 30.1 Å². The molecule has 2 rings (SSSR count). The van der Waals surface area contributed by atoms with E-state index in [1.54, 1.807) is 24.4 Å². The van der Waals surface area contributed by atoms with Crippen LogP contribution >= 0.6 is 0 Å². The zero-order chi connectivity index (χ0) is 12.1. The van der Waals surface area contributed by atoms with Crippen molar-refractivity contribution in [2.75, 3.05) is 19.7 Å². The number of carbonyl (C=O) groups excluding carboxylic acids is 1. The van der Waals surface area contributed by atoms with E-state index >= 15 is 0 Å². The van der Waals surface area contributed by atoms with Crippen molar-refractivity contribution in [3.8, 4) is 0 Å². The second kappa shape index (κ2) is 5.75. The first-order valence-corrected chi connectivity index (χ1v) is 5.85. The number of ether oxygens (including phenoxy) is 1. The Kier molecular flexibility index (Phi) is 4.06. The highest BCUT2D eigenvalue weighted by Crippen LogP contribution is 2.06. The fourth-order valence-electron chi connectivity index (χ4n) is 1.93. The van der Waals surface area contributed by atoms with Crippen LogP contribution in [-0.2, 0) is 4.74 Å². The van der Waals surface area contributed by atoms with Crippen LogP contribution < -0.4 is 10.6 Å². The average molecular weight is 235 g/mol. The van der Waals surface area contributed by atoms with Crippen LogP contribution in [0.3, 0.4) is 0 Å². The number of nitrogens with zero attached hydrogens (tertiary/aromatic N) is 1. The quantitative estimate of drug-likeness (QED) is 0.782. The summed E-state index contributed by atoms with van der Waals surface area (Å²) < 4.78 is 5.55. The summed E-state index contributed by atoms with van der Waals surface area (Å²) >= 11 is 0. The van der Waals surface area contributed by atoms with E-state index in [-0.39, 0.29) is 18.1 Å². The zero-order valence-corrected chi connectivity index (χ0v) is 9.85. The highest BCUT2D eigenvalue weighted by Gasteiger charge is 2.29. The van der Waals surface area contributed by atoms with Gasteiger partial charge < -0.3 is 15.4 Å². The molecule has 0 radical (unpaired) electrons. The maximum absolute atomic E-state index is 11.9. The Morgan fingerprint density at radius 1 is 1.59 bits per heavy atom. The Labute approximate surface area is 101 Å². The van der Waals surface area contributed by atoms with Gasteiger partial charge in [0.2, 0.25) is 0 Å². The molecule has 0 aromatic carbocycles. The molecule has 0 unspecified atom stereocenters. The van der Waals surface area contributed by atoms with E-state index in [4.69, 9.17) is 4.74 Å². The van der Waals surface area contributed by atoms with Crippen molar-refractivity contribution in [1.82, 2.24) is 15.6 Å². The van der Waals surface area contributed by atoms with E-state index in [9.17, 15) is 4.79 Å². The van der Waals surface area contributed by atoms with Crippen LogP contribution in [0.4, 0.5) is 0 Å². The largest absolute Gasteiger partial charge is 0.375 e. The molecule has 2 heterocycles. The van der Waals surface area contributed by atoms with Crippen LogP contribution in [0.15, 0.2) is 24.4 Å². The second-order valence-electron chi connectivity index (χ2n) is 3.95. The van der Waals surface area contributed by atoms with E-state index in [1.165, 1.54) is 0 Å². The van der Waals surface area contributed by atoms with Crippen LogP contribution in [0.2, 0.25) is 0 Å². The summed E-state index contributed by atoms with van der Waals surface area (Å²) in [6, 6.07) is 5.31. The van der Waals surface area contributed by atoms with Crippen LogP contribution in [0, 0.1) is 0 Å². The number of amides is 1. The maximum Gasteiger partial charge on any atom is 0.270 e. The van der Waals surface area contributed by atoms with E-state index < -0.39 is 0 Å². The second-order valence-corrected chi connectivity index (χ2v) is 3.95. The van der Waals surface area contributed by atoms with Gasteiger partial charge in [-0.2, -0.15) is 0 Å². The van der Waals surface area contributed by atoms with Gasteiger partial charge in [-0.1, -0.05) is 6.07 Å². The highest BCUT2D eigenvalue weighted by atomic mass is 16.5. The molecular weight excluding hydrogens is 218 g/mol. The van der Waals surface area contributed by atoms with Gasteiger partial charge >= 0.3 is 0 Å². The smallest absolute Gasteiger partial charge is 0.270 e. The molecule has 1 aliphatic rings. The predicted octanol–water partition coefficient (Wildman–Crippen LogP) is 0.188. The molecule has 2 N–H and O–H groups in total. The van der Waals surface area contributed by atoms with Crippen LogP contribution in [-0.4, -0.2) is 42.7 Å². The van der Waals surface area contributed by atoms with Gasteiger partial charge in [0.05, 0.1) is 12.1 Å². The van der Waals surface area contributed by atoms with Gasteiger partial charge in [-0.3, -0.25) is 9.78 Å². The molecule has 0 saturated carbocycles. The van der Waals surface area contributed by atoms with Gasteiger partial charge in [-0.05, 0) is 19.1 Å². The lowest BCUT2D eigenvalue weighted by Crippen LogP contribution is -2.44. The summed E-state index contributed by atoms with van der Waals surface area (Å²) in [6.45, 7) is 4.13. The van der Waals surface area contributed by atoms with Gasteiger partial charge in [-0.15, -0.1) is 0 Å². The summed E-state index contributed by atoms with van der Waals surface area (Å²) in [5.74, 6) is -0.149. The van der Waals surface area contributed by atoms with E-state index in [0.29, 0.717) is 12.3 Å². The van der Waals surface area contributed by atoms with Crippen LogP contribution in [0.5, 0.6) is 0 Å². The normalized spacial score (nSPS) is 23.6. The number of pyridine rings is 1. The Morgan fingerprint density at radius 2 is 2.47 bits per heavy atom. The third-order valence-electron chi connectivity index (χ3n) is 2.75. The number of hydrogen-bond donors (Lipinski definition) is 2. The topological polar surface area (TPSA) is 63.2 Å². The molecule has 1 fully saturated rings. The molecule has 17 heavy (non-hydrogen) atoms. The SMILES string of the molecule is CCO[C@H]1CNC[C@@H]1NC(=O)c1ccccn1. The van der Waals surface area contributed by atoms with Gasteiger partial charge in [0.15, 0.2) is 0 Å². The van der Waals surface area contributed by atoms with Gasteiger partial charge in [0.25, 0.3) is 5.91 Å². The Morgan fingerprint density at radius 3 is 3.18 bits per heavy atom. The minimum absolute atomic E-state index is 0.0180. The minimum atomic E-state index is -0.149. The molecular formula is C12H17N3O2. The Balaban J connectivity index is 1.94. The number of nitrogens with one attached hydrogen (secondary N) is 2. The fourth-order valence-corrected chi connectivity index (χ4v) is 1.93. The van der Waals surface area contributed by atoms with Crippen molar-refractivity contribution in [3.63, 3.8) is 0 Å². The molecule has 2 atom stereocenters. The van der Waals surface area contributed by atoms with E-state index in [2.05, 4.69) is 15.6 Å². The molecule has 1 amide bonds. The van der Waals surface area contributed by atoms with Crippen molar-refractivity contribution in [2.24, 2.45) is 0 Å². The molecule has 0 spiro atoms. The number of carbonyl (C=O) groups is 1. The molecule has 5 nitrogen and oxygen atoms in total. The van der Waals surface area contributed by atoms with Crippen molar-refractivity contribution >= 4 is 5.91 Å². The first kappa shape index (κ1) is 12.0. The van der Waals surface area contributed by atoms with Gasteiger partial charge in [-0.25, -0.2) is 0 Å². The molecule has 0 bridgehead atoms. The summed E-state index contributed by atoms with van der Waals surface area (Å²) in [6.07, 6.45) is 1.66. The third kappa shape index (κ3) is 3.01. The third-order valence-corrected chi connectivity index (χ3v) is 2.75. The average Bonchev–Trinajstić information content (AvgIpc) is 2.78. The first-order valence-electron chi connectivity index (χ1n) is 5.85. The van der Waals surface area contributed by atoms with Crippen LogP contribution in [0.1, 0.15) is 17.4 Å². The monoisotopic (exact) mass is 235 g/mol. The summed E-state index contributed by atoms with van der Waals surface area (Å²) in [4.78, 5) is 15.9. The Hall–Kier alpha value is -1.46. The lowest BCUT2D eigenvalue weighted by molar-refractivity contribution is 0.0543. The number of rotatable bonds is 4. The first-order chi connectivity index (χ1) is 8.31. The maximum atomic E-state index is 11.9. The number of aromatic nitrogens is 1. The lowest BCUT2D eigenvalue weighted by Gasteiger charge is -2.19. The van der Waals surface area contributed by atoms with Crippen molar-refractivity contribution < 1.29 is 9.53 Å². The van der Waals surface area contributed by atoms with E-state index in [0.717, 1.165) is 13.1 Å². The highest BCUT2D eigenvalue weighted by molar-refractivity contribution is 5.92. The molecule has 5 heteroatoms. The molecule has 1 aromatic rings. The van der Waals surface area contributed by atoms with Gasteiger partial charge in [0, 0.05) is 25.9 Å². The minimum Gasteiger partial charge on any atom is -0.375 e. The lowest BCUT2D eigenvalue weighted by atomic mass is 10.2. The number of hydrogen-bond acceptors (Lipinski definition) is 4. The summed E-state index contributed by atoms with van der Waals surface area (Å²) in [5, 5.41) is 6.15. The molecule has 92 valence electrons. The van der Waals surface area contributed by atoms with Crippen molar-refractivity contribution in [2.45, 2.75) is 19.1 Å². The van der Waals surface area contributed by atoms with Crippen molar-refractivity contribution in [1.29, 1.82) is 0 Å². The predicted molar refractivity (Wildman–Crippen MR) is 63.8 cm³/mol. The fraction of sp³-hybridized carbons (Fsp3) is 0.500. The van der Waals surface area contributed by atoms with E-state index in [1.807, 2.05) is 6.92 Å².